The van der Waals surface area contributed by atoms with E-state index < -0.39 is 16.5 Å². The van der Waals surface area contributed by atoms with Crippen LogP contribution in [-0.2, 0) is 0 Å². The first-order valence-corrected chi connectivity index (χ1v) is 13.4. The molecule has 1 nitrogen and oxygen atoms in total. The summed E-state index contributed by atoms with van der Waals surface area (Å²) in [6.07, 6.45) is 7.15. The van der Waals surface area contributed by atoms with E-state index in [1.807, 2.05) is 0 Å². The fourth-order valence-corrected chi connectivity index (χ4v) is 13.3. The number of hydrogen-bond acceptors (Lipinski definition) is 1. The lowest BCUT2D eigenvalue weighted by atomic mass is 10.2. The van der Waals surface area contributed by atoms with Crippen LogP contribution in [0.2, 0.25) is 31.2 Å². The predicted molar refractivity (Wildman–Crippen MR) is 95.4 cm³/mol. The van der Waals surface area contributed by atoms with Crippen molar-refractivity contribution in [3.8, 4) is 0 Å². The third-order valence-corrected chi connectivity index (χ3v) is 13.2. The zero-order chi connectivity index (χ0) is 15.0. The first kappa shape index (κ1) is 15.5. The second kappa shape index (κ2) is 5.13. The lowest BCUT2D eigenvalue weighted by Crippen LogP contribution is -2.70. The van der Waals surface area contributed by atoms with E-state index in [9.17, 15) is 0 Å². The van der Waals surface area contributed by atoms with Gasteiger partial charge in [-0.15, -0.1) is 0 Å². The Labute approximate surface area is 126 Å². The molecule has 2 atom stereocenters. The van der Waals surface area contributed by atoms with Crippen LogP contribution in [0.3, 0.4) is 0 Å². The lowest BCUT2D eigenvalue weighted by molar-refractivity contribution is 0.903. The lowest BCUT2D eigenvalue weighted by Gasteiger charge is -2.45. The molecule has 20 heavy (non-hydrogen) atoms. The molecule has 0 bridgehead atoms. The maximum Gasteiger partial charge on any atom is 0.161 e. The number of nitrogens with one attached hydrogen (secondary N) is 1. The fraction of sp³-hybridized carbons (Fsp3) is 0.412. The summed E-state index contributed by atoms with van der Waals surface area (Å²) in [5.41, 5.74) is 1.39. The van der Waals surface area contributed by atoms with Crippen LogP contribution in [0.5, 0.6) is 0 Å². The summed E-state index contributed by atoms with van der Waals surface area (Å²) >= 11 is 0. The third kappa shape index (κ3) is 2.90. The molecule has 1 aliphatic rings. The standard InChI is InChI=1S/C17H27NSi2/c1-15-12-13-17(2,14-15)20(6,18-19(3,4)5)16-10-8-7-9-11-16/h7-14,18H,1-6H3. The van der Waals surface area contributed by atoms with Gasteiger partial charge < -0.3 is 4.65 Å². The van der Waals surface area contributed by atoms with Gasteiger partial charge in [-0.1, -0.05) is 87.2 Å². The summed E-state index contributed by atoms with van der Waals surface area (Å²) in [6.45, 7) is 14.3. The largest absolute Gasteiger partial charge is 0.355 e. The molecule has 1 aliphatic carbocycles. The molecule has 2 unspecified atom stereocenters. The minimum absolute atomic E-state index is 0.152. The Hall–Kier alpha value is -0.906. The summed E-state index contributed by atoms with van der Waals surface area (Å²) in [5.74, 6) is 0. The average molecular weight is 302 g/mol. The van der Waals surface area contributed by atoms with Gasteiger partial charge >= 0.3 is 0 Å². The summed E-state index contributed by atoms with van der Waals surface area (Å²) < 4.78 is 4.13. The summed E-state index contributed by atoms with van der Waals surface area (Å²) in [6, 6.07) is 11.1. The Kier molecular flexibility index (Phi) is 3.97. The van der Waals surface area contributed by atoms with Gasteiger partial charge in [0.2, 0.25) is 0 Å². The minimum Gasteiger partial charge on any atom is -0.355 e. The molecule has 1 N–H and O–H groups in total. The second-order valence-electron chi connectivity index (χ2n) is 7.37. The second-order valence-corrected chi connectivity index (χ2v) is 16.8. The molecule has 0 spiro atoms. The van der Waals surface area contributed by atoms with E-state index in [0.29, 0.717) is 0 Å². The van der Waals surface area contributed by atoms with Crippen LogP contribution in [0.25, 0.3) is 0 Å². The Morgan fingerprint density at radius 2 is 1.60 bits per heavy atom. The molecule has 0 fully saturated rings. The topological polar surface area (TPSA) is 12.0 Å². The molecule has 1 aromatic carbocycles. The van der Waals surface area contributed by atoms with E-state index in [0.717, 1.165) is 0 Å². The molecule has 2 rings (SSSR count). The molecular formula is C17H27NSi2. The Bertz CT molecular complexity index is 542. The van der Waals surface area contributed by atoms with Crippen molar-refractivity contribution in [2.24, 2.45) is 0 Å². The van der Waals surface area contributed by atoms with Crippen molar-refractivity contribution in [3.05, 3.63) is 54.1 Å². The van der Waals surface area contributed by atoms with Crippen molar-refractivity contribution in [3.63, 3.8) is 0 Å². The normalized spacial score (nSPS) is 25.4. The van der Waals surface area contributed by atoms with Crippen LogP contribution >= 0.6 is 0 Å². The van der Waals surface area contributed by atoms with Crippen molar-refractivity contribution in [2.45, 2.75) is 45.1 Å². The van der Waals surface area contributed by atoms with Gasteiger partial charge in [-0.25, -0.2) is 0 Å². The zero-order valence-corrected chi connectivity index (χ0v) is 15.6. The van der Waals surface area contributed by atoms with Gasteiger partial charge in [-0.3, -0.25) is 0 Å². The van der Waals surface area contributed by atoms with Gasteiger partial charge in [-0.2, -0.15) is 0 Å². The zero-order valence-electron chi connectivity index (χ0n) is 13.6. The van der Waals surface area contributed by atoms with Gasteiger partial charge in [0.25, 0.3) is 0 Å². The SMILES string of the molecule is CC1=CC(C)([Si](C)(N[Si](C)(C)C)c2ccccc2)C=C1. The van der Waals surface area contributed by atoms with Crippen LogP contribution in [0.4, 0.5) is 0 Å². The first-order chi connectivity index (χ1) is 9.16. The highest BCUT2D eigenvalue weighted by atomic mass is 28.4. The molecule has 1 aromatic rings. The molecule has 108 valence electrons. The van der Waals surface area contributed by atoms with Crippen LogP contribution in [0.1, 0.15) is 13.8 Å². The molecule has 0 heterocycles. The van der Waals surface area contributed by atoms with E-state index in [1.54, 1.807) is 0 Å². The maximum absolute atomic E-state index is 4.13. The van der Waals surface area contributed by atoms with Gasteiger partial charge in [-0.05, 0) is 12.1 Å². The summed E-state index contributed by atoms with van der Waals surface area (Å²) in [4.78, 5) is 0. The fourth-order valence-electron chi connectivity index (χ4n) is 3.22. The molecule has 0 aromatic heterocycles. The molecule has 0 aliphatic heterocycles. The van der Waals surface area contributed by atoms with Crippen LogP contribution in [-0.4, -0.2) is 16.5 Å². The molecule has 0 saturated carbocycles. The van der Waals surface area contributed by atoms with Gasteiger partial charge in [0.1, 0.15) is 8.24 Å². The maximum atomic E-state index is 4.13. The quantitative estimate of drug-likeness (QED) is 0.823. The summed E-state index contributed by atoms with van der Waals surface area (Å²) in [7, 11) is -3.21. The van der Waals surface area contributed by atoms with E-state index >= 15 is 0 Å². The predicted octanol–water partition coefficient (Wildman–Crippen LogP) is 4.17. The smallest absolute Gasteiger partial charge is 0.161 e. The van der Waals surface area contributed by atoms with Gasteiger partial charge in [0.15, 0.2) is 8.24 Å². The van der Waals surface area contributed by atoms with Crippen molar-refractivity contribution < 1.29 is 0 Å². The Morgan fingerprint density at radius 3 is 2.05 bits per heavy atom. The Morgan fingerprint density at radius 1 is 1.00 bits per heavy atom. The number of benzene rings is 1. The van der Waals surface area contributed by atoms with Gasteiger partial charge in [0.05, 0.1) is 0 Å². The monoisotopic (exact) mass is 301 g/mol. The molecular weight excluding hydrogens is 274 g/mol. The first-order valence-electron chi connectivity index (χ1n) is 7.40. The highest BCUT2D eigenvalue weighted by molar-refractivity contribution is 7.00. The number of allylic oxidation sites excluding steroid dienone is 4. The minimum atomic E-state index is -1.85. The van der Waals surface area contributed by atoms with E-state index in [-0.39, 0.29) is 5.04 Å². The van der Waals surface area contributed by atoms with E-state index in [1.165, 1.54) is 10.8 Å². The van der Waals surface area contributed by atoms with Crippen LogP contribution in [0, 0.1) is 0 Å². The average Bonchev–Trinajstić information content (AvgIpc) is 2.70. The van der Waals surface area contributed by atoms with Crippen LogP contribution < -0.4 is 9.83 Å². The van der Waals surface area contributed by atoms with Crippen molar-refractivity contribution in [2.75, 3.05) is 0 Å². The van der Waals surface area contributed by atoms with E-state index in [2.05, 4.69) is 93.2 Å². The number of rotatable bonds is 4. The highest BCUT2D eigenvalue weighted by Crippen LogP contribution is 2.44. The van der Waals surface area contributed by atoms with Gasteiger partial charge in [0, 0.05) is 5.04 Å². The van der Waals surface area contributed by atoms with Crippen molar-refractivity contribution >= 4 is 21.7 Å². The molecule has 0 amide bonds. The Balaban J connectivity index is 2.54. The third-order valence-electron chi connectivity index (χ3n) is 4.27. The molecule has 0 saturated heterocycles. The van der Waals surface area contributed by atoms with Crippen molar-refractivity contribution in [1.82, 2.24) is 4.65 Å². The van der Waals surface area contributed by atoms with E-state index in [4.69, 9.17) is 0 Å². The number of hydrogen-bond donors (Lipinski definition) is 1. The van der Waals surface area contributed by atoms with Crippen molar-refractivity contribution in [1.29, 1.82) is 0 Å². The summed E-state index contributed by atoms with van der Waals surface area (Å²) in [5, 5.41) is 1.65. The molecule has 3 heteroatoms. The van der Waals surface area contributed by atoms with Crippen LogP contribution in [0.15, 0.2) is 54.1 Å². The highest BCUT2D eigenvalue weighted by Gasteiger charge is 2.48. The molecule has 0 radical (unpaired) electrons.